The molecule has 3 heterocycles. The van der Waals surface area contributed by atoms with Crippen LogP contribution >= 0.6 is 0 Å². The number of carboxylic acids is 1. The van der Waals surface area contributed by atoms with Crippen molar-refractivity contribution in [1.82, 2.24) is 0 Å². The standard InChI is InChI=1S/C27H44O13/c1-4-14-6-5-7-15(22(14)40-26-21(32)20(31)18(29)13(3)36-26)38-27-24-23(19(30)17(11-28)39-27)37-16(25(33)34)10-12(2)8-9-35-24/h6,12-13,15-24,26-32H,4-5,7-11H2,1-3H3,(H,33,34). The van der Waals surface area contributed by atoms with E-state index in [1.54, 1.807) is 6.92 Å². The molecule has 3 aliphatic heterocycles. The zero-order valence-corrected chi connectivity index (χ0v) is 23.2. The van der Waals surface area contributed by atoms with Gasteiger partial charge >= 0.3 is 5.97 Å². The van der Waals surface area contributed by atoms with E-state index in [0.717, 1.165) is 5.57 Å². The van der Waals surface area contributed by atoms with Crippen LogP contribution in [-0.4, -0.2) is 130 Å². The summed E-state index contributed by atoms with van der Waals surface area (Å²) in [4.78, 5) is 12.0. The highest BCUT2D eigenvalue weighted by molar-refractivity contribution is 5.72. The number of ether oxygens (including phenoxy) is 6. The van der Waals surface area contributed by atoms with E-state index < -0.39 is 92.3 Å². The minimum Gasteiger partial charge on any atom is -0.479 e. The SMILES string of the molecule is CCC1=CCCC(OC2OC(CO)C(O)C3OC(C(=O)O)CC(C)CCOC23)C1OC1OC(C)C(O)C(O)C1O. The topological polar surface area (TPSA) is 194 Å². The summed E-state index contributed by atoms with van der Waals surface area (Å²) < 4.78 is 36.2. The van der Waals surface area contributed by atoms with Crippen molar-refractivity contribution in [2.24, 2.45) is 5.92 Å². The van der Waals surface area contributed by atoms with E-state index in [1.807, 2.05) is 19.9 Å². The van der Waals surface area contributed by atoms with Crippen LogP contribution in [0.3, 0.4) is 0 Å². The highest BCUT2D eigenvalue weighted by Gasteiger charge is 2.51. The molecule has 40 heavy (non-hydrogen) atoms. The molecule has 6 N–H and O–H groups in total. The predicted molar refractivity (Wildman–Crippen MR) is 136 cm³/mol. The third-order valence-corrected chi connectivity index (χ3v) is 8.30. The van der Waals surface area contributed by atoms with E-state index in [1.165, 1.54) is 0 Å². The van der Waals surface area contributed by atoms with E-state index >= 15 is 0 Å². The second kappa shape index (κ2) is 13.8. The molecule has 1 aliphatic carbocycles. The van der Waals surface area contributed by atoms with Crippen molar-refractivity contribution in [1.29, 1.82) is 0 Å². The third-order valence-electron chi connectivity index (χ3n) is 8.30. The number of allylic oxidation sites excluding steroid dienone is 1. The molecule has 230 valence electrons. The molecule has 13 nitrogen and oxygen atoms in total. The quantitative estimate of drug-likeness (QED) is 0.212. The summed E-state index contributed by atoms with van der Waals surface area (Å²) in [5.41, 5.74) is 0.873. The Balaban J connectivity index is 1.58. The Morgan fingerprint density at radius 3 is 2.38 bits per heavy atom. The van der Waals surface area contributed by atoms with E-state index in [0.29, 0.717) is 25.7 Å². The average molecular weight is 577 g/mol. The minimum atomic E-state index is -1.50. The maximum atomic E-state index is 12.0. The first-order chi connectivity index (χ1) is 19.0. The van der Waals surface area contributed by atoms with Crippen LogP contribution < -0.4 is 0 Å². The molecule has 3 fully saturated rings. The van der Waals surface area contributed by atoms with Gasteiger partial charge in [-0.15, -0.1) is 0 Å². The Morgan fingerprint density at radius 1 is 0.950 bits per heavy atom. The van der Waals surface area contributed by atoms with Crippen LogP contribution in [0, 0.1) is 5.92 Å². The molecule has 0 aromatic heterocycles. The highest BCUT2D eigenvalue weighted by atomic mass is 16.7. The van der Waals surface area contributed by atoms with Gasteiger partial charge in [0.25, 0.3) is 0 Å². The number of carboxylic acid groups (broad SMARTS) is 1. The summed E-state index contributed by atoms with van der Waals surface area (Å²) in [7, 11) is 0. The molecule has 4 rings (SSSR count). The van der Waals surface area contributed by atoms with E-state index in [2.05, 4.69) is 0 Å². The Hall–Kier alpha value is -1.23. The molecule has 14 unspecified atom stereocenters. The first-order valence-electron chi connectivity index (χ1n) is 14.2. The lowest BCUT2D eigenvalue weighted by atomic mass is 9.91. The van der Waals surface area contributed by atoms with Gasteiger partial charge in [-0.3, -0.25) is 0 Å². The van der Waals surface area contributed by atoms with Crippen LogP contribution in [0.15, 0.2) is 11.6 Å². The van der Waals surface area contributed by atoms with Crippen molar-refractivity contribution in [3.05, 3.63) is 11.6 Å². The zero-order valence-electron chi connectivity index (χ0n) is 23.2. The maximum absolute atomic E-state index is 12.0. The number of hydrogen-bond donors (Lipinski definition) is 6. The highest BCUT2D eigenvalue weighted by Crippen LogP contribution is 2.36. The van der Waals surface area contributed by atoms with Crippen molar-refractivity contribution < 1.29 is 63.9 Å². The van der Waals surface area contributed by atoms with Gasteiger partial charge in [0.1, 0.15) is 48.8 Å². The molecule has 3 saturated heterocycles. The van der Waals surface area contributed by atoms with Crippen LogP contribution in [0.1, 0.15) is 52.9 Å². The van der Waals surface area contributed by atoms with Crippen molar-refractivity contribution in [3.8, 4) is 0 Å². The number of rotatable bonds is 7. The van der Waals surface area contributed by atoms with Gasteiger partial charge in [-0.25, -0.2) is 4.79 Å². The lowest BCUT2D eigenvalue weighted by Gasteiger charge is -2.47. The van der Waals surface area contributed by atoms with Crippen molar-refractivity contribution in [3.63, 3.8) is 0 Å². The smallest absolute Gasteiger partial charge is 0.332 e. The number of aliphatic hydroxyl groups is 5. The van der Waals surface area contributed by atoms with Crippen LogP contribution in [0.2, 0.25) is 0 Å². The van der Waals surface area contributed by atoms with E-state index in [-0.39, 0.29) is 18.9 Å². The molecule has 0 spiro atoms. The maximum Gasteiger partial charge on any atom is 0.332 e. The number of hydrogen-bond acceptors (Lipinski definition) is 12. The number of fused-ring (bicyclic) bond motifs is 1. The Bertz CT molecular complexity index is 869. The summed E-state index contributed by atoms with van der Waals surface area (Å²) in [5, 5.41) is 61.6. The summed E-state index contributed by atoms with van der Waals surface area (Å²) in [6.45, 7) is 5.10. The number of aliphatic hydroxyl groups excluding tert-OH is 5. The van der Waals surface area contributed by atoms with Gasteiger partial charge in [0.2, 0.25) is 0 Å². The molecule has 0 aromatic carbocycles. The molecule has 4 aliphatic rings. The minimum absolute atomic E-state index is 0.0149. The van der Waals surface area contributed by atoms with E-state index in [4.69, 9.17) is 28.4 Å². The molecule has 0 radical (unpaired) electrons. The summed E-state index contributed by atoms with van der Waals surface area (Å²) in [6.07, 6.45) is -10.1. The van der Waals surface area contributed by atoms with Crippen LogP contribution in [0.4, 0.5) is 0 Å². The second-order valence-electron chi connectivity index (χ2n) is 11.2. The van der Waals surface area contributed by atoms with Gasteiger partial charge in [-0.2, -0.15) is 0 Å². The summed E-state index contributed by atoms with van der Waals surface area (Å²) in [6, 6.07) is 0. The molecule has 0 amide bonds. The first kappa shape index (κ1) is 31.7. The van der Waals surface area contributed by atoms with E-state index in [9.17, 15) is 35.4 Å². The Kier molecular flexibility index (Phi) is 11.0. The lowest BCUT2D eigenvalue weighted by Crippen LogP contribution is -2.63. The average Bonchev–Trinajstić information content (AvgIpc) is 3.01. The van der Waals surface area contributed by atoms with Crippen molar-refractivity contribution in [2.45, 2.75) is 133 Å². The zero-order chi connectivity index (χ0) is 29.1. The number of aliphatic carboxylic acids is 1. The summed E-state index contributed by atoms with van der Waals surface area (Å²) >= 11 is 0. The fourth-order valence-electron chi connectivity index (χ4n) is 5.82. The van der Waals surface area contributed by atoms with Crippen LogP contribution in [0.5, 0.6) is 0 Å². The molecule has 0 saturated carbocycles. The van der Waals surface area contributed by atoms with Crippen molar-refractivity contribution in [2.75, 3.05) is 13.2 Å². The summed E-state index contributed by atoms with van der Waals surface area (Å²) in [5.74, 6) is -1.17. The second-order valence-corrected chi connectivity index (χ2v) is 11.2. The van der Waals surface area contributed by atoms with Crippen LogP contribution in [-0.2, 0) is 33.2 Å². The van der Waals surface area contributed by atoms with Gasteiger partial charge in [0, 0.05) is 6.61 Å². The molecule has 0 bridgehead atoms. The van der Waals surface area contributed by atoms with Crippen LogP contribution in [0.25, 0.3) is 0 Å². The van der Waals surface area contributed by atoms with Crippen molar-refractivity contribution >= 4 is 5.97 Å². The molecular weight excluding hydrogens is 532 g/mol. The largest absolute Gasteiger partial charge is 0.479 e. The fraction of sp³-hybridized carbons (Fsp3) is 0.889. The molecule has 0 aromatic rings. The van der Waals surface area contributed by atoms with Gasteiger partial charge in [0.15, 0.2) is 18.7 Å². The van der Waals surface area contributed by atoms with Gasteiger partial charge in [-0.05, 0) is 50.5 Å². The Labute approximate surface area is 233 Å². The lowest BCUT2D eigenvalue weighted by molar-refractivity contribution is -0.344. The fourth-order valence-corrected chi connectivity index (χ4v) is 5.82. The molecule has 14 atom stereocenters. The molecule has 13 heteroatoms. The number of carbonyl (C=O) groups is 1. The van der Waals surface area contributed by atoms with Gasteiger partial charge in [0.05, 0.1) is 18.8 Å². The normalized spacial score (nSPS) is 46.9. The predicted octanol–water partition coefficient (Wildman–Crippen LogP) is -0.554. The van der Waals surface area contributed by atoms with Gasteiger partial charge < -0.3 is 59.1 Å². The Morgan fingerprint density at radius 2 is 1.70 bits per heavy atom. The monoisotopic (exact) mass is 576 g/mol. The third kappa shape index (κ3) is 6.87. The molecular formula is C27H44O13. The first-order valence-corrected chi connectivity index (χ1v) is 14.2. The van der Waals surface area contributed by atoms with Gasteiger partial charge in [-0.1, -0.05) is 19.9 Å².